The highest BCUT2D eigenvalue weighted by Gasteiger charge is 2.31. The molecular formula is C11H10BrF3N2S. The van der Waals surface area contributed by atoms with Crippen molar-refractivity contribution in [1.82, 2.24) is 0 Å². The van der Waals surface area contributed by atoms with Gasteiger partial charge in [0.05, 0.1) is 12.1 Å². The number of halogens is 4. The normalized spacial score (nSPS) is 19.8. The summed E-state index contributed by atoms with van der Waals surface area (Å²) in [7, 11) is 0. The van der Waals surface area contributed by atoms with Crippen LogP contribution >= 0.6 is 27.7 Å². The lowest BCUT2D eigenvalue weighted by molar-refractivity contribution is -0.137. The molecule has 2 rings (SSSR count). The van der Waals surface area contributed by atoms with Crippen molar-refractivity contribution in [1.29, 1.82) is 0 Å². The van der Waals surface area contributed by atoms with Crippen LogP contribution in [0.3, 0.4) is 0 Å². The van der Waals surface area contributed by atoms with Gasteiger partial charge in [0.1, 0.15) is 0 Å². The molecule has 0 saturated heterocycles. The minimum absolute atomic E-state index is 0.363. The average Bonchev–Trinajstić information content (AvgIpc) is 2.61. The fourth-order valence-corrected chi connectivity index (χ4v) is 2.84. The highest BCUT2D eigenvalue weighted by atomic mass is 79.9. The summed E-state index contributed by atoms with van der Waals surface area (Å²) in [5.41, 5.74) is -0.298. The summed E-state index contributed by atoms with van der Waals surface area (Å²) < 4.78 is 38.3. The molecule has 1 heterocycles. The van der Waals surface area contributed by atoms with Gasteiger partial charge in [-0.1, -0.05) is 34.6 Å². The zero-order valence-corrected chi connectivity index (χ0v) is 11.8. The maximum absolute atomic E-state index is 12.6. The Hall–Kier alpha value is -0.690. The van der Waals surface area contributed by atoms with E-state index in [1.165, 1.54) is 11.8 Å². The van der Waals surface area contributed by atoms with Crippen LogP contribution in [0.5, 0.6) is 0 Å². The van der Waals surface area contributed by atoms with Crippen LogP contribution in [0.25, 0.3) is 0 Å². The van der Waals surface area contributed by atoms with Crippen molar-refractivity contribution in [3.8, 4) is 0 Å². The van der Waals surface area contributed by atoms with Gasteiger partial charge >= 0.3 is 6.18 Å². The van der Waals surface area contributed by atoms with Crippen LogP contribution in [0.2, 0.25) is 0 Å². The third-order valence-electron chi connectivity index (χ3n) is 2.28. The van der Waals surface area contributed by atoms with Crippen LogP contribution in [0.4, 0.5) is 18.9 Å². The number of amidine groups is 1. The van der Waals surface area contributed by atoms with Crippen molar-refractivity contribution in [3.05, 3.63) is 28.2 Å². The first-order chi connectivity index (χ1) is 8.34. The summed E-state index contributed by atoms with van der Waals surface area (Å²) in [5, 5.41) is 3.93. The molecule has 1 aliphatic rings. The molecule has 0 saturated carbocycles. The van der Waals surface area contributed by atoms with Crippen LogP contribution in [0.15, 0.2) is 27.7 Å². The molecule has 1 aliphatic heterocycles. The average molecular weight is 339 g/mol. The number of nitrogens with one attached hydrogen (secondary N) is 1. The molecule has 1 unspecified atom stereocenters. The van der Waals surface area contributed by atoms with E-state index in [0.29, 0.717) is 27.1 Å². The molecule has 98 valence electrons. The van der Waals surface area contributed by atoms with E-state index < -0.39 is 11.7 Å². The molecule has 0 aromatic heterocycles. The van der Waals surface area contributed by atoms with E-state index in [1.54, 1.807) is 6.07 Å². The van der Waals surface area contributed by atoms with Crippen molar-refractivity contribution >= 4 is 38.5 Å². The third-order valence-corrected chi connectivity index (χ3v) is 3.74. The summed E-state index contributed by atoms with van der Waals surface area (Å²) >= 11 is 4.60. The van der Waals surface area contributed by atoms with E-state index >= 15 is 0 Å². The van der Waals surface area contributed by atoms with E-state index in [-0.39, 0.29) is 0 Å². The number of thioether (sulfide) groups is 1. The Bertz CT molecular complexity index is 488. The summed E-state index contributed by atoms with van der Waals surface area (Å²) in [4.78, 5) is 4.21. The highest BCUT2D eigenvalue weighted by Crippen LogP contribution is 2.34. The molecule has 1 N–H and O–H groups in total. The lowest BCUT2D eigenvalue weighted by Gasteiger charge is -2.11. The molecule has 0 spiro atoms. The predicted molar refractivity (Wildman–Crippen MR) is 72.1 cm³/mol. The predicted octanol–water partition coefficient (Wildman–Crippen LogP) is 4.37. The summed E-state index contributed by atoms with van der Waals surface area (Å²) in [6, 6.07) is 3.73. The summed E-state index contributed by atoms with van der Waals surface area (Å²) in [6.45, 7) is 2.71. The van der Waals surface area contributed by atoms with Gasteiger partial charge in [0.15, 0.2) is 5.17 Å². The highest BCUT2D eigenvalue weighted by molar-refractivity contribution is 9.10. The number of benzene rings is 1. The fraction of sp³-hybridized carbons (Fsp3) is 0.364. The van der Waals surface area contributed by atoms with Gasteiger partial charge in [-0.25, -0.2) is 0 Å². The van der Waals surface area contributed by atoms with Gasteiger partial charge in [0.25, 0.3) is 0 Å². The van der Waals surface area contributed by atoms with Crippen molar-refractivity contribution in [2.75, 3.05) is 11.9 Å². The van der Waals surface area contributed by atoms with E-state index in [1.807, 2.05) is 6.92 Å². The van der Waals surface area contributed by atoms with E-state index in [2.05, 4.69) is 26.2 Å². The molecule has 2 nitrogen and oxygen atoms in total. The largest absolute Gasteiger partial charge is 0.416 e. The molecular weight excluding hydrogens is 329 g/mol. The minimum Gasteiger partial charge on any atom is -0.335 e. The van der Waals surface area contributed by atoms with Gasteiger partial charge in [0.2, 0.25) is 0 Å². The molecule has 0 amide bonds. The number of alkyl halides is 3. The first-order valence-corrected chi connectivity index (χ1v) is 6.88. The van der Waals surface area contributed by atoms with E-state index in [9.17, 15) is 13.2 Å². The van der Waals surface area contributed by atoms with Gasteiger partial charge in [-0.2, -0.15) is 13.2 Å². The van der Waals surface area contributed by atoms with Crippen LogP contribution in [-0.2, 0) is 6.18 Å². The number of nitrogens with zero attached hydrogens (tertiary/aromatic N) is 1. The molecule has 1 aromatic carbocycles. The maximum atomic E-state index is 12.6. The molecule has 0 bridgehead atoms. The first kappa shape index (κ1) is 13.7. The zero-order valence-electron chi connectivity index (χ0n) is 9.38. The lowest BCUT2D eigenvalue weighted by Crippen LogP contribution is -2.09. The Morgan fingerprint density at radius 2 is 2.11 bits per heavy atom. The molecule has 0 aliphatic carbocycles. The van der Waals surface area contributed by atoms with Crippen molar-refractivity contribution in [3.63, 3.8) is 0 Å². The molecule has 1 aromatic rings. The Morgan fingerprint density at radius 1 is 1.39 bits per heavy atom. The molecule has 7 heteroatoms. The SMILES string of the molecule is CC1CN=C(Nc2cc(Br)cc(C(F)(F)F)c2)S1. The second kappa shape index (κ2) is 5.13. The second-order valence-corrected chi connectivity index (χ2v) is 6.27. The molecule has 0 fully saturated rings. The Kier molecular flexibility index (Phi) is 3.91. The smallest absolute Gasteiger partial charge is 0.335 e. The van der Waals surface area contributed by atoms with Crippen LogP contribution in [-0.4, -0.2) is 17.0 Å². The van der Waals surface area contributed by atoms with Crippen molar-refractivity contribution in [2.24, 2.45) is 4.99 Å². The number of hydrogen-bond acceptors (Lipinski definition) is 3. The third kappa shape index (κ3) is 3.41. The van der Waals surface area contributed by atoms with Crippen LogP contribution < -0.4 is 5.32 Å². The van der Waals surface area contributed by atoms with Crippen molar-refractivity contribution < 1.29 is 13.2 Å². The van der Waals surface area contributed by atoms with Gasteiger partial charge in [-0.15, -0.1) is 0 Å². The number of rotatable bonds is 1. The van der Waals surface area contributed by atoms with Crippen molar-refractivity contribution in [2.45, 2.75) is 18.3 Å². The van der Waals surface area contributed by atoms with E-state index in [4.69, 9.17) is 0 Å². The number of hydrogen-bond donors (Lipinski definition) is 1. The zero-order chi connectivity index (χ0) is 13.3. The molecule has 0 radical (unpaired) electrons. The van der Waals surface area contributed by atoms with Gasteiger partial charge in [0, 0.05) is 15.4 Å². The monoisotopic (exact) mass is 338 g/mol. The quantitative estimate of drug-likeness (QED) is 0.822. The Labute approximate surface area is 115 Å². The van der Waals surface area contributed by atoms with Crippen LogP contribution in [0, 0.1) is 0 Å². The fourth-order valence-electron chi connectivity index (χ4n) is 1.49. The summed E-state index contributed by atoms with van der Waals surface area (Å²) in [6.07, 6.45) is -4.35. The molecule has 18 heavy (non-hydrogen) atoms. The number of anilines is 1. The first-order valence-electron chi connectivity index (χ1n) is 5.20. The summed E-state index contributed by atoms with van der Waals surface area (Å²) in [5.74, 6) is 0. The second-order valence-electron chi connectivity index (χ2n) is 3.93. The van der Waals surface area contributed by atoms with Gasteiger partial charge in [-0.05, 0) is 18.2 Å². The van der Waals surface area contributed by atoms with E-state index in [0.717, 1.165) is 12.1 Å². The molecule has 1 atom stereocenters. The van der Waals surface area contributed by atoms with Gasteiger partial charge in [-0.3, -0.25) is 4.99 Å². The maximum Gasteiger partial charge on any atom is 0.416 e. The standard InChI is InChI=1S/C11H10BrF3N2S/c1-6-5-16-10(18-6)17-9-3-7(11(13,14)15)2-8(12)4-9/h2-4,6H,5H2,1H3,(H,16,17). The Balaban J connectivity index is 2.21. The minimum atomic E-state index is -4.35. The topological polar surface area (TPSA) is 24.4 Å². The number of aliphatic imine (C=N–C) groups is 1. The lowest BCUT2D eigenvalue weighted by atomic mass is 10.2. The Morgan fingerprint density at radius 3 is 2.67 bits per heavy atom. The van der Waals surface area contributed by atoms with Crippen LogP contribution in [0.1, 0.15) is 12.5 Å². The van der Waals surface area contributed by atoms with Gasteiger partial charge < -0.3 is 5.32 Å².